The number of hydrogen-bond donors (Lipinski definition) is 2. The third-order valence-corrected chi connectivity index (χ3v) is 7.55. The number of primary amides is 1. The Hall–Kier alpha value is -3.50. The van der Waals surface area contributed by atoms with E-state index in [1.165, 1.54) is 35.5 Å². The Balaban J connectivity index is 1.38. The van der Waals surface area contributed by atoms with Crippen LogP contribution in [0.3, 0.4) is 0 Å². The number of aromatic nitrogens is 3. The molecule has 0 spiro atoms. The van der Waals surface area contributed by atoms with Gasteiger partial charge in [0, 0.05) is 38.1 Å². The SMILES string of the molecule is Cc1c(C(N)=O)sc2ncnc(Nc3ccc(F)cc3OC3CCCN(Cc4cccn4C)C3)c12. The summed E-state index contributed by atoms with van der Waals surface area (Å²) in [7, 11) is 2.05. The highest BCUT2D eigenvalue weighted by molar-refractivity contribution is 7.20. The van der Waals surface area contributed by atoms with Crippen LogP contribution in [0.25, 0.3) is 10.2 Å². The molecule has 0 saturated carbocycles. The summed E-state index contributed by atoms with van der Waals surface area (Å²) in [5, 5.41) is 3.99. The van der Waals surface area contributed by atoms with Gasteiger partial charge >= 0.3 is 0 Å². The van der Waals surface area contributed by atoms with E-state index in [2.05, 4.69) is 30.8 Å². The van der Waals surface area contributed by atoms with E-state index in [1.807, 2.05) is 26.2 Å². The Kier molecular flexibility index (Phi) is 6.40. The van der Waals surface area contributed by atoms with Gasteiger partial charge in [-0.25, -0.2) is 14.4 Å². The summed E-state index contributed by atoms with van der Waals surface area (Å²) in [5.41, 5.74) is 8.08. The van der Waals surface area contributed by atoms with Gasteiger partial charge in [-0.3, -0.25) is 9.69 Å². The highest BCUT2D eigenvalue weighted by atomic mass is 32.1. The normalized spacial score (nSPS) is 16.5. The molecule has 182 valence electrons. The van der Waals surface area contributed by atoms with E-state index in [0.29, 0.717) is 37.9 Å². The molecule has 3 N–H and O–H groups in total. The molecule has 1 aliphatic heterocycles. The van der Waals surface area contributed by atoms with Gasteiger partial charge in [-0.05, 0) is 56.1 Å². The number of thiophene rings is 1. The molecule has 0 radical (unpaired) electrons. The molecule has 35 heavy (non-hydrogen) atoms. The summed E-state index contributed by atoms with van der Waals surface area (Å²) in [6, 6.07) is 8.58. The Bertz CT molecular complexity index is 1380. The number of amides is 1. The maximum atomic E-state index is 14.2. The smallest absolute Gasteiger partial charge is 0.259 e. The first kappa shape index (κ1) is 23.3. The average Bonchev–Trinajstić information content (AvgIpc) is 3.39. The van der Waals surface area contributed by atoms with Crippen molar-refractivity contribution in [3.05, 3.63) is 64.8 Å². The number of fused-ring (bicyclic) bond motifs is 1. The number of nitrogens with zero attached hydrogens (tertiary/aromatic N) is 4. The average molecular weight is 495 g/mol. The maximum Gasteiger partial charge on any atom is 0.259 e. The van der Waals surface area contributed by atoms with Crippen LogP contribution in [0, 0.1) is 12.7 Å². The largest absolute Gasteiger partial charge is 0.487 e. The topological polar surface area (TPSA) is 98.3 Å². The van der Waals surface area contributed by atoms with Gasteiger partial charge in [0.15, 0.2) is 0 Å². The van der Waals surface area contributed by atoms with Gasteiger partial charge in [0.1, 0.15) is 34.6 Å². The van der Waals surface area contributed by atoms with Crippen LogP contribution in [0.2, 0.25) is 0 Å². The van der Waals surface area contributed by atoms with Crippen LogP contribution in [-0.4, -0.2) is 44.5 Å². The third kappa shape index (κ3) is 4.85. The van der Waals surface area contributed by atoms with Crippen molar-refractivity contribution in [2.75, 3.05) is 18.4 Å². The second-order valence-corrected chi connectivity index (χ2v) is 9.82. The Morgan fingerprint density at radius 1 is 1.34 bits per heavy atom. The number of piperidine rings is 1. The molecule has 1 unspecified atom stereocenters. The molecule has 4 aromatic rings. The van der Waals surface area contributed by atoms with Gasteiger partial charge in [0.25, 0.3) is 5.91 Å². The number of likely N-dealkylation sites (tertiary alicyclic amines) is 1. The minimum Gasteiger partial charge on any atom is -0.487 e. The first-order valence-electron chi connectivity index (χ1n) is 11.5. The van der Waals surface area contributed by atoms with Crippen LogP contribution in [-0.2, 0) is 13.6 Å². The first-order valence-corrected chi connectivity index (χ1v) is 12.3. The number of benzene rings is 1. The van der Waals surface area contributed by atoms with E-state index in [1.54, 1.807) is 6.07 Å². The lowest BCUT2D eigenvalue weighted by atomic mass is 10.1. The van der Waals surface area contributed by atoms with E-state index in [4.69, 9.17) is 10.5 Å². The van der Waals surface area contributed by atoms with E-state index in [0.717, 1.165) is 32.5 Å². The van der Waals surface area contributed by atoms with Gasteiger partial charge in [0.2, 0.25) is 0 Å². The van der Waals surface area contributed by atoms with Crippen molar-refractivity contribution >= 4 is 39.0 Å². The predicted octanol–water partition coefficient (Wildman–Crippen LogP) is 4.36. The molecule has 4 heterocycles. The van der Waals surface area contributed by atoms with Crippen molar-refractivity contribution in [3.8, 4) is 5.75 Å². The molecule has 1 amide bonds. The maximum absolute atomic E-state index is 14.2. The van der Waals surface area contributed by atoms with Gasteiger partial charge < -0.3 is 20.4 Å². The lowest BCUT2D eigenvalue weighted by molar-refractivity contribution is 0.0833. The molecule has 0 bridgehead atoms. The van der Waals surface area contributed by atoms with Crippen LogP contribution >= 0.6 is 11.3 Å². The monoisotopic (exact) mass is 494 g/mol. The second-order valence-electron chi connectivity index (χ2n) is 8.82. The quantitative estimate of drug-likeness (QED) is 0.396. The van der Waals surface area contributed by atoms with Crippen LogP contribution in [0.4, 0.5) is 15.9 Å². The molecular formula is C25H27FN6O2S. The molecule has 8 nitrogen and oxygen atoms in total. The van der Waals surface area contributed by atoms with E-state index >= 15 is 0 Å². The van der Waals surface area contributed by atoms with Crippen LogP contribution in [0.15, 0.2) is 42.9 Å². The predicted molar refractivity (Wildman–Crippen MR) is 135 cm³/mol. The molecule has 10 heteroatoms. The number of carbonyl (C=O) groups is 1. The number of nitrogens with one attached hydrogen (secondary N) is 1. The van der Waals surface area contributed by atoms with Gasteiger partial charge in [-0.2, -0.15) is 0 Å². The number of carbonyl (C=O) groups excluding carboxylic acids is 1. The van der Waals surface area contributed by atoms with Crippen molar-refractivity contribution in [2.24, 2.45) is 12.8 Å². The minimum absolute atomic E-state index is 0.0684. The van der Waals surface area contributed by atoms with Crippen molar-refractivity contribution in [1.82, 2.24) is 19.4 Å². The van der Waals surface area contributed by atoms with E-state index in [-0.39, 0.29) is 11.9 Å². The van der Waals surface area contributed by atoms with Crippen LogP contribution in [0.1, 0.15) is 33.8 Å². The fourth-order valence-electron chi connectivity index (χ4n) is 4.55. The number of aryl methyl sites for hydroxylation is 2. The van der Waals surface area contributed by atoms with Crippen molar-refractivity contribution in [2.45, 2.75) is 32.4 Å². The number of rotatable bonds is 7. The summed E-state index contributed by atoms with van der Waals surface area (Å²) >= 11 is 1.23. The van der Waals surface area contributed by atoms with Gasteiger partial charge in [-0.15, -0.1) is 11.3 Å². The zero-order valence-electron chi connectivity index (χ0n) is 19.6. The highest BCUT2D eigenvalue weighted by Gasteiger charge is 2.24. The lowest BCUT2D eigenvalue weighted by Gasteiger charge is -2.33. The molecule has 1 atom stereocenters. The summed E-state index contributed by atoms with van der Waals surface area (Å²) in [6.45, 7) is 4.41. The fourth-order valence-corrected chi connectivity index (χ4v) is 5.55. The first-order chi connectivity index (χ1) is 16.9. The molecule has 1 fully saturated rings. The molecule has 0 aliphatic carbocycles. The highest BCUT2D eigenvalue weighted by Crippen LogP contribution is 2.37. The van der Waals surface area contributed by atoms with Crippen LogP contribution < -0.4 is 15.8 Å². The standard InChI is InChI=1S/C25H27FN6O2S/c1-15-21-24(28-14-29-25(21)35-22(15)23(27)33)30-19-8-7-16(26)11-20(19)34-18-6-4-10-32(13-18)12-17-5-3-9-31(17)2/h3,5,7-9,11,14,18H,4,6,10,12-13H2,1-2H3,(H2,27,33)(H,28,29,30). The number of hydrogen-bond acceptors (Lipinski definition) is 7. The lowest BCUT2D eigenvalue weighted by Crippen LogP contribution is -2.41. The molecule has 3 aromatic heterocycles. The van der Waals surface area contributed by atoms with E-state index in [9.17, 15) is 9.18 Å². The summed E-state index contributed by atoms with van der Waals surface area (Å²) < 4.78 is 22.7. The summed E-state index contributed by atoms with van der Waals surface area (Å²) in [4.78, 5) is 23.9. The van der Waals surface area contributed by atoms with Gasteiger partial charge in [-0.1, -0.05) is 0 Å². The Morgan fingerprint density at radius 3 is 2.97 bits per heavy atom. The van der Waals surface area contributed by atoms with E-state index < -0.39 is 5.91 Å². The fraction of sp³-hybridized carbons (Fsp3) is 0.320. The van der Waals surface area contributed by atoms with Gasteiger partial charge in [0.05, 0.1) is 16.0 Å². The van der Waals surface area contributed by atoms with Crippen molar-refractivity contribution in [3.63, 3.8) is 0 Å². The third-order valence-electron chi connectivity index (χ3n) is 6.34. The number of anilines is 2. The Morgan fingerprint density at radius 2 is 2.20 bits per heavy atom. The molecule has 5 rings (SSSR count). The number of ether oxygens (including phenoxy) is 1. The number of halogens is 1. The minimum atomic E-state index is -0.501. The molecule has 1 aliphatic rings. The van der Waals surface area contributed by atoms with Crippen LogP contribution in [0.5, 0.6) is 5.75 Å². The molecular weight excluding hydrogens is 467 g/mol. The summed E-state index contributed by atoms with van der Waals surface area (Å²) in [6.07, 6.45) is 5.30. The molecule has 1 saturated heterocycles. The zero-order valence-corrected chi connectivity index (χ0v) is 20.4. The summed E-state index contributed by atoms with van der Waals surface area (Å²) in [5.74, 6) is 0.0595. The van der Waals surface area contributed by atoms with Crippen molar-refractivity contribution in [1.29, 1.82) is 0 Å². The second kappa shape index (κ2) is 9.63. The Labute approximate surface area is 206 Å². The number of nitrogens with two attached hydrogens (primary N) is 1. The van der Waals surface area contributed by atoms with Crippen molar-refractivity contribution < 1.29 is 13.9 Å². The molecule has 1 aromatic carbocycles. The zero-order chi connectivity index (χ0) is 24.5.